The maximum atomic E-state index is 9.88. The smallest absolute Gasteiger partial charge is 0.165 e. The van der Waals surface area contributed by atoms with Crippen molar-refractivity contribution >= 4 is 0 Å². The van der Waals surface area contributed by atoms with E-state index in [9.17, 15) is 5.26 Å². The van der Waals surface area contributed by atoms with E-state index >= 15 is 0 Å². The van der Waals surface area contributed by atoms with Crippen LogP contribution in [0.5, 0.6) is 11.5 Å². The average Bonchev–Trinajstić information content (AvgIpc) is 2.67. The molecule has 0 bridgehead atoms. The van der Waals surface area contributed by atoms with Crippen LogP contribution in [-0.2, 0) is 5.41 Å². The van der Waals surface area contributed by atoms with E-state index in [-0.39, 0.29) is 0 Å². The summed E-state index contributed by atoms with van der Waals surface area (Å²) in [4.78, 5) is 2.16. The number of benzene rings is 1. The predicted octanol–water partition coefficient (Wildman–Crippen LogP) is 2.97. The Morgan fingerprint density at radius 1 is 1.43 bits per heavy atom. The van der Waals surface area contributed by atoms with E-state index in [4.69, 9.17) is 9.47 Å². The maximum absolute atomic E-state index is 9.88. The molecule has 0 amide bonds. The van der Waals surface area contributed by atoms with E-state index in [1.165, 1.54) is 0 Å². The van der Waals surface area contributed by atoms with E-state index in [1.54, 1.807) is 7.11 Å². The highest BCUT2D eigenvalue weighted by atomic mass is 16.5. The Kier molecular flexibility index (Phi) is 5.08. The summed E-state index contributed by atoms with van der Waals surface area (Å²) < 4.78 is 11.3. The zero-order valence-electron chi connectivity index (χ0n) is 13.2. The van der Waals surface area contributed by atoms with Gasteiger partial charge in [0.15, 0.2) is 11.5 Å². The zero-order chi connectivity index (χ0) is 15.3. The van der Waals surface area contributed by atoms with Gasteiger partial charge in [-0.2, -0.15) is 5.26 Å². The molecule has 1 heterocycles. The van der Waals surface area contributed by atoms with Crippen LogP contribution in [0.25, 0.3) is 0 Å². The molecule has 1 aliphatic heterocycles. The molecule has 0 fully saturated rings. The Bertz CT molecular complexity index is 522. The number of hydrogen-bond donors (Lipinski definition) is 0. The molecule has 1 aliphatic rings. The fraction of sp³-hybridized carbons (Fsp3) is 0.588. The Morgan fingerprint density at radius 3 is 2.90 bits per heavy atom. The van der Waals surface area contributed by atoms with E-state index in [0.29, 0.717) is 6.61 Å². The molecule has 1 unspecified atom stereocenters. The molecule has 1 aromatic rings. The van der Waals surface area contributed by atoms with Crippen LogP contribution in [-0.4, -0.2) is 39.3 Å². The Balaban J connectivity index is 2.36. The highest BCUT2D eigenvalue weighted by molar-refractivity contribution is 5.53. The van der Waals surface area contributed by atoms with Gasteiger partial charge in [0.2, 0.25) is 0 Å². The number of methoxy groups -OCH3 is 1. The van der Waals surface area contributed by atoms with Crippen LogP contribution in [0.15, 0.2) is 18.2 Å². The molecule has 4 nitrogen and oxygen atoms in total. The molecule has 114 valence electrons. The molecule has 1 atom stereocenters. The van der Waals surface area contributed by atoms with Gasteiger partial charge in [-0.15, -0.1) is 0 Å². The largest absolute Gasteiger partial charge is 0.493 e. The van der Waals surface area contributed by atoms with Crippen LogP contribution in [0.1, 0.15) is 31.2 Å². The molecular weight excluding hydrogens is 264 g/mol. The summed E-state index contributed by atoms with van der Waals surface area (Å²) in [5, 5.41) is 9.88. The van der Waals surface area contributed by atoms with Gasteiger partial charge in [0, 0.05) is 5.56 Å². The van der Waals surface area contributed by atoms with Crippen molar-refractivity contribution < 1.29 is 9.47 Å². The van der Waals surface area contributed by atoms with Crippen molar-refractivity contribution in [2.75, 3.05) is 34.4 Å². The van der Waals surface area contributed by atoms with Crippen molar-refractivity contribution in [3.05, 3.63) is 23.8 Å². The highest BCUT2D eigenvalue weighted by Gasteiger charge is 2.37. The first-order chi connectivity index (χ1) is 10.1. The van der Waals surface area contributed by atoms with Crippen molar-refractivity contribution in [3.63, 3.8) is 0 Å². The quantitative estimate of drug-likeness (QED) is 0.835. The molecule has 4 heteroatoms. The second-order valence-electron chi connectivity index (χ2n) is 5.89. The zero-order valence-corrected chi connectivity index (χ0v) is 13.2. The molecule has 1 aromatic carbocycles. The van der Waals surface area contributed by atoms with Crippen LogP contribution in [0.3, 0.4) is 0 Å². The van der Waals surface area contributed by atoms with Gasteiger partial charge in [0.05, 0.1) is 25.2 Å². The van der Waals surface area contributed by atoms with Crippen LogP contribution in [0.4, 0.5) is 0 Å². The average molecular weight is 288 g/mol. The van der Waals surface area contributed by atoms with Crippen LogP contribution in [0, 0.1) is 11.3 Å². The molecule has 21 heavy (non-hydrogen) atoms. The maximum Gasteiger partial charge on any atom is 0.165 e. The Morgan fingerprint density at radius 2 is 2.24 bits per heavy atom. The molecule has 0 saturated carbocycles. The monoisotopic (exact) mass is 288 g/mol. The lowest BCUT2D eigenvalue weighted by Gasteiger charge is -2.27. The van der Waals surface area contributed by atoms with Crippen molar-refractivity contribution in [3.8, 4) is 17.6 Å². The number of rotatable bonds is 5. The molecule has 0 radical (unpaired) electrons. The van der Waals surface area contributed by atoms with Gasteiger partial charge >= 0.3 is 0 Å². The van der Waals surface area contributed by atoms with Crippen LogP contribution < -0.4 is 9.47 Å². The standard InChI is InChI=1S/C17H24N2O2/c1-19(2)11-5-9-17(13-18)10-6-12-21-16-14(17)7-4-8-15(16)20-3/h4,7-8H,5-6,9-12H2,1-3H3. The highest BCUT2D eigenvalue weighted by Crippen LogP contribution is 2.45. The van der Waals surface area contributed by atoms with E-state index in [0.717, 1.165) is 49.3 Å². The SMILES string of the molecule is COc1cccc2c1OCCCC2(C#N)CCCN(C)C. The Labute approximate surface area is 127 Å². The lowest BCUT2D eigenvalue weighted by Crippen LogP contribution is -2.26. The predicted molar refractivity (Wildman–Crippen MR) is 82.8 cm³/mol. The van der Waals surface area contributed by atoms with Crippen LogP contribution in [0.2, 0.25) is 0 Å². The normalized spacial score (nSPS) is 21.1. The minimum Gasteiger partial charge on any atom is -0.493 e. The third-order valence-electron chi connectivity index (χ3n) is 4.13. The van der Waals surface area contributed by atoms with E-state index < -0.39 is 5.41 Å². The van der Waals surface area contributed by atoms with Crippen molar-refractivity contribution in [2.24, 2.45) is 0 Å². The minimum absolute atomic E-state index is 0.462. The number of nitrogens with zero attached hydrogens (tertiary/aromatic N) is 2. The number of fused-ring (bicyclic) bond motifs is 1. The molecule has 0 aromatic heterocycles. The molecular formula is C17H24N2O2. The molecule has 0 aliphatic carbocycles. The van der Waals surface area contributed by atoms with Gasteiger partial charge < -0.3 is 14.4 Å². The fourth-order valence-electron chi connectivity index (χ4n) is 3.01. The third kappa shape index (κ3) is 3.30. The lowest BCUT2D eigenvalue weighted by molar-refractivity contribution is 0.293. The number of ether oxygens (including phenoxy) is 2. The summed E-state index contributed by atoms with van der Waals surface area (Å²) in [6.07, 6.45) is 3.59. The summed E-state index contributed by atoms with van der Waals surface area (Å²) in [5.74, 6) is 1.48. The van der Waals surface area contributed by atoms with Gasteiger partial charge in [-0.05, 0) is 52.4 Å². The topological polar surface area (TPSA) is 45.5 Å². The number of para-hydroxylation sites is 1. The summed E-state index contributed by atoms with van der Waals surface area (Å²) in [5.41, 5.74) is 0.525. The second-order valence-corrected chi connectivity index (χ2v) is 5.89. The minimum atomic E-state index is -0.462. The molecule has 0 saturated heterocycles. The first-order valence-corrected chi connectivity index (χ1v) is 7.49. The Hall–Kier alpha value is -1.73. The molecule has 0 spiro atoms. The van der Waals surface area contributed by atoms with Crippen molar-refractivity contribution in [1.29, 1.82) is 5.26 Å². The van der Waals surface area contributed by atoms with Gasteiger partial charge in [-0.3, -0.25) is 0 Å². The van der Waals surface area contributed by atoms with Gasteiger partial charge in [0.1, 0.15) is 0 Å². The second kappa shape index (κ2) is 6.82. The van der Waals surface area contributed by atoms with Crippen molar-refractivity contribution in [2.45, 2.75) is 31.1 Å². The van der Waals surface area contributed by atoms with Gasteiger partial charge in [-0.25, -0.2) is 0 Å². The van der Waals surface area contributed by atoms with E-state index in [1.807, 2.05) is 18.2 Å². The molecule has 0 N–H and O–H groups in total. The number of nitriles is 1. The first-order valence-electron chi connectivity index (χ1n) is 7.49. The summed E-state index contributed by atoms with van der Waals surface area (Å²) >= 11 is 0. The summed E-state index contributed by atoms with van der Waals surface area (Å²) in [6.45, 7) is 1.63. The van der Waals surface area contributed by atoms with Crippen LogP contribution >= 0.6 is 0 Å². The van der Waals surface area contributed by atoms with Gasteiger partial charge in [0.25, 0.3) is 0 Å². The first kappa shape index (κ1) is 15.7. The van der Waals surface area contributed by atoms with E-state index in [2.05, 4.69) is 25.1 Å². The van der Waals surface area contributed by atoms with Crippen molar-refractivity contribution in [1.82, 2.24) is 4.90 Å². The summed E-state index contributed by atoms with van der Waals surface area (Å²) in [6, 6.07) is 8.44. The third-order valence-corrected chi connectivity index (χ3v) is 4.13. The fourth-order valence-corrected chi connectivity index (χ4v) is 3.01. The summed E-state index contributed by atoms with van der Waals surface area (Å²) in [7, 11) is 5.77. The number of hydrogen-bond acceptors (Lipinski definition) is 4. The van der Waals surface area contributed by atoms with Gasteiger partial charge in [-0.1, -0.05) is 12.1 Å². The molecule has 2 rings (SSSR count). The lowest BCUT2D eigenvalue weighted by atomic mass is 9.74.